The highest BCUT2D eigenvalue weighted by atomic mass is 19.1. The van der Waals surface area contributed by atoms with Gasteiger partial charge < -0.3 is 5.32 Å². The summed E-state index contributed by atoms with van der Waals surface area (Å²) in [4.78, 5) is 12.2. The van der Waals surface area contributed by atoms with Crippen molar-refractivity contribution in [2.75, 3.05) is 0 Å². The summed E-state index contributed by atoms with van der Waals surface area (Å²) >= 11 is 0. The third-order valence-corrected chi connectivity index (χ3v) is 3.53. The van der Waals surface area contributed by atoms with Gasteiger partial charge in [0.25, 0.3) is 5.91 Å². The molecule has 1 saturated carbocycles. The van der Waals surface area contributed by atoms with E-state index in [0.717, 1.165) is 12.8 Å². The average Bonchev–Trinajstić information content (AvgIpc) is 3.07. The zero-order chi connectivity index (χ0) is 12.8. The summed E-state index contributed by atoms with van der Waals surface area (Å²) in [6.07, 6.45) is 2.02. The number of halogens is 1. The summed E-state index contributed by atoms with van der Waals surface area (Å²) in [5.41, 5.74) is 0.479. The van der Waals surface area contributed by atoms with Gasteiger partial charge in [0.1, 0.15) is 5.82 Å². The predicted molar refractivity (Wildman–Crippen MR) is 69.0 cm³/mol. The van der Waals surface area contributed by atoms with Crippen LogP contribution in [0.4, 0.5) is 4.39 Å². The predicted octanol–water partition coefficient (Wildman–Crippen LogP) is 3.26. The standard InChI is InChI=1S/C15H14FNO/c1-15(8-9-15)17-14(18)12-6-7-13(16)11-5-3-2-4-10(11)12/h2-7H,8-9H2,1H3,(H,17,18). The lowest BCUT2D eigenvalue weighted by Gasteiger charge is -2.13. The Morgan fingerprint density at radius 1 is 1.17 bits per heavy atom. The van der Waals surface area contributed by atoms with Gasteiger partial charge in [0.15, 0.2) is 0 Å². The molecule has 0 atom stereocenters. The molecule has 92 valence electrons. The number of fused-ring (bicyclic) bond motifs is 1. The van der Waals surface area contributed by atoms with Gasteiger partial charge in [0.05, 0.1) is 0 Å². The first-order chi connectivity index (χ1) is 8.59. The highest BCUT2D eigenvalue weighted by molar-refractivity contribution is 6.07. The van der Waals surface area contributed by atoms with Crippen molar-refractivity contribution >= 4 is 16.7 Å². The van der Waals surface area contributed by atoms with Gasteiger partial charge in [-0.2, -0.15) is 0 Å². The fraction of sp³-hybridized carbons (Fsp3) is 0.267. The number of nitrogens with one attached hydrogen (secondary N) is 1. The molecule has 0 aliphatic heterocycles. The maximum atomic E-state index is 13.6. The number of amides is 1. The van der Waals surface area contributed by atoms with E-state index in [4.69, 9.17) is 0 Å². The molecule has 0 saturated heterocycles. The molecule has 18 heavy (non-hydrogen) atoms. The second kappa shape index (κ2) is 3.80. The quantitative estimate of drug-likeness (QED) is 0.861. The first-order valence-electron chi connectivity index (χ1n) is 6.09. The highest BCUT2D eigenvalue weighted by Crippen LogP contribution is 2.35. The van der Waals surface area contributed by atoms with Gasteiger partial charge >= 0.3 is 0 Å². The first kappa shape index (κ1) is 11.2. The van der Waals surface area contributed by atoms with Crippen LogP contribution in [-0.4, -0.2) is 11.4 Å². The molecule has 2 aromatic rings. The van der Waals surface area contributed by atoms with E-state index in [1.165, 1.54) is 6.07 Å². The number of benzene rings is 2. The molecule has 3 heteroatoms. The van der Waals surface area contributed by atoms with E-state index >= 15 is 0 Å². The number of carbonyl (C=O) groups excluding carboxylic acids is 1. The van der Waals surface area contributed by atoms with Crippen LogP contribution in [0.3, 0.4) is 0 Å². The minimum Gasteiger partial charge on any atom is -0.347 e. The van der Waals surface area contributed by atoms with E-state index in [1.807, 2.05) is 13.0 Å². The molecule has 0 spiro atoms. The molecule has 1 aliphatic carbocycles. The van der Waals surface area contributed by atoms with Crippen LogP contribution in [0.15, 0.2) is 36.4 Å². The summed E-state index contributed by atoms with van der Waals surface area (Å²) in [5.74, 6) is -0.411. The molecule has 0 unspecified atom stereocenters. The van der Waals surface area contributed by atoms with E-state index in [9.17, 15) is 9.18 Å². The Morgan fingerprint density at radius 3 is 2.50 bits per heavy atom. The van der Waals surface area contributed by atoms with E-state index in [1.54, 1.807) is 24.3 Å². The Kier molecular flexibility index (Phi) is 2.37. The van der Waals surface area contributed by atoms with E-state index in [-0.39, 0.29) is 17.3 Å². The maximum absolute atomic E-state index is 13.6. The second-order valence-electron chi connectivity index (χ2n) is 5.16. The molecular formula is C15H14FNO. The molecule has 1 N–H and O–H groups in total. The molecule has 0 heterocycles. The maximum Gasteiger partial charge on any atom is 0.252 e. The van der Waals surface area contributed by atoms with Crippen molar-refractivity contribution in [3.63, 3.8) is 0 Å². The molecule has 0 bridgehead atoms. The molecule has 1 amide bonds. The molecular weight excluding hydrogens is 229 g/mol. The van der Waals surface area contributed by atoms with Crippen molar-refractivity contribution in [2.45, 2.75) is 25.3 Å². The van der Waals surface area contributed by atoms with Crippen molar-refractivity contribution < 1.29 is 9.18 Å². The van der Waals surface area contributed by atoms with Crippen LogP contribution in [0, 0.1) is 5.82 Å². The SMILES string of the molecule is CC1(NC(=O)c2ccc(F)c3ccccc23)CC1. The molecule has 2 nitrogen and oxygen atoms in total. The van der Waals surface area contributed by atoms with Crippen LogP contribution in [0.1, 0.15) is 30.1 Å². The van der Waals surface area contributed by atoms with Crippen molar-refractivity contribution in [3.05, 3.63) is 47.8 Å². The highest BCUT2D eigenvalue weighted by Gasteiger charge is 2.39. The minimum atomic E-state index is -0.292. The Hall–Kier alpha value is -1.90. The number of carbonyl (C=O) groups is 1. The number of hydrogen-bond acceptors (Lipinski definition) is 1. The molecule has 1 fully saturated rings. The van der Waals surface area contributed by atoms with Crippen LogP contribution in [-0.2, 0) is 0 Å². The Morgan fingerprint density at radius 2 is 1.83 bits per heavy atom. The normalized spacial score (nSPS) is 16.6. The van der Waals surface area contributed by atoms with Gasteiger partial charge in [-0.1, -0.05) is 24.3 Å². The summed E-state index contributed by atoms with van der Waals surface area (Å²) in [6, 6.07) is 9.97. The number of hydrogen-bond donors (Lipinski definition) is 1. The summed E-state index contributed by atoms with van der Waals surface area (Å²) in [5, 5.41) is 4.15. The Balaban J connectivity index is 2.06. The molecule has 0 aromatic heterocycles. The first-order valence-corrected chi connectivity index (χ1v) is 6.09. The lowest BCUT2D eigenvalue weighted by molar-refractivity contribution is 0.0937. The van der Waals surface area contributed by atoms with E-state index in [2.05, 4.69) is 5.32 Å². The van der Waals surface area contributed by atoms with Gasteiger partial charge in [-0.15, -0.1) is 0 Å². The Bertz CT molecular complexity index is 631. The van der Waals surface area contributed by atoms with E-state index in [0.29, 0.717) is 16.3 Å². The van der Waals surface area contributed by atoms with Crippen molar-refractivity contribution in [1.29, 1.82) is 0 Å². The third kappa shape index (κ3) is 1.86. The van der Waals surface area contributed by atoms with Crippen LogP contribution in [0.25, 0.3) is 10.8 Å². The minimum absolute atomic E-state index is 0.0629. The summed E-state index contributed by atoms with van der Waals surface area (Å²) in [6.45, 7) is 2.02. The zero-order valence-corrected chi connectivity index (χ0v) is 10.2. The van der Waals surface area contributed by atoms with Gasteiger partial charge in [-0.25, -0.2) is 4.39 Å². The second-order valence-corrected chi connectivity index (χ2v) is 5.16. The molecule has 1 aliphatic rings. The lowest BCUT2D eigenvalue weighted by atomic mass is 10.0. The van der Waals surface area contributed by atoms with E-state index < -0.39 is 0 Å². The fourth-order valence-electron chi connectivity index (χ4n) is 2.11. The summed E-state index contributed by atoms with van der Waals surface area (Å²) < 4.78 is 13.6. The topological polar surface area (TPSA) is 29.1 Å². The largest absolute Gasteiger partial charge is 0.347 e. The van der Waals surface area contributed by atoms with Crippen molar-refractivity contribution in [3.8, 4) is 0 Å². The van der Waals surface area contributed by atoms with Crippen molar-refractivity contribution in [2.24, 2.45) is 0 Å². The summed E-state index contributed by atoms with van der Waals surface area (Å²) in [7, 11) is 0. The lowest BCUT2D eigenvalue weighted by Crippen LogP contribution is -2.34. The van der Waals surface area contributed by atoms with Crippen LogP contribution < -0.4 is 5.32 Å². The van der Waals surface area contributed by atoms with Gasteiger partial charge in [-0.05, 0) is 37.3 Å². The molecule has 3 rings (SSSR count). The van der Waals surface area contributed by atoms with Crippen LogP contribution in [0.2, 0.25) is 0 Å². The Labute approximate surface area is 105 Å². The van der Waals surface area contributed by atoms with Crippen molar-refractivity contribution in [1.82, 2.24) is 5.32 Å². The monoisotopic (exact) mass is 243 g/mol. The smallest absolute Gasteiger partial charge is 0.252 e. The number of rotatable bonds is 2. The zero-order valence-electron chi connectivity index (χ0n) is 10.2. The molecule has 2 aromatic carbocycles. The van der Waals surface area contributed by atoms with Gasteiger partial charge in [0.2, 0.25) is 0 Å². The van der Waals surface area contributed by atoms with Gasteiger partial charge in [0, 0.05) is 16.5 Å². The third-order valence-electron chi connectivity index (χ3n) is 3.53. The van der Waals surface area contributed by atoms with Gasteiger partial charge in [-0.3, -0.25) is 4.79 Å². The fourth-order valence-corrected chi connectivity index (χ4v) is 2.11. The van der Waals surface area contributed by atoms with Crippen LogP contribution in [0.5, 0.6) is 0 Å². The van der Waals surface area contributed by atoms with Crippen LogP contribution >= 0.6 is 0 Å². The molecule has 0 radical (unpaired) electrons. The average molecular weight is 243 g/mol.